The van der Waals surface area contributed by atoms with Crippen LogP contribution in [0.3, 0.4) is 0 Å². The second-order valence-corrected chi connectivity index (χ2v) is 7.11. The largest absolute Gasteiger partial charge is 0.449 e. The number of nitrogens with zero attached hydrogens (tertiary/aromatic N) is 1. The molecule has 0 aliphatic heterocycles. The third-order valence-corrected chi connectivity index (χ3v) is 4.93. The van der Waals surface area contributed by atoms with Crippen LogP contribution in [0.15, 0.2) is 24.3 Å². The first-order chi connectivity index (χ1) is 13.6. The summed E-state index contributed by atoms with van der Waals surface area (Å²) in [5, 5.41) is 5.31. The third-order valence-electron chi connectivity index (χ3n) is 4.93. The fourth-order valence-electron chi connectivity index (χ4n) is 3.28. The van der Waals surface area contributed by atoms with Crippen molar-refractivity contribution in [2.45, 2.75) is 54.2 Å². The van der Waals surface area contributed by atoms with Crippen molar-refractivity contribution >= 4 is 23.5 Å². The summed E-state index contributed by atoms with van der Waals surface area (Å²) in [6.45, 7) is 11.6. The summed E-state index contributed by atoms with van der Waals surface area (Å²) in [4.78, 5) is 36.8. The van der Waals surface area contributed by atoms with Crippen molar-refractivity contribution in [3.05, 3.63) is 52.3 Å². The first-order valence-corrected chi connectivity index (χ1v) is 9.67. The highest BCUT2D eigenvalue weighted by atomic mass is 16.5. The van der Waals surface area contributed by atoms with Gasteiger partial charge in [-0.3, -0.25) is 9.59 Å². The molecule has 1 unspecified atom stereocenters. The van der Waals surface area contributed by atoms with Crippen LogP contribution in [0, 0.1) is 27.7 Å². The van der Waals surface area contributed by atoms with Gasteiger partial charge in [0.25, 0.3) is 5.91 Å². The van der Waals surface area contributed by atoms with Gasteiger partial charge in [0.05, 0.1) is 12.1 Å². The molecule has 2 rings (SSSR count). The fraction of sp³-hybridized carbons (Fsp3) is 0.409. The van der Waals surface area contributed by atoms with E-state index in [1.54, 1.807) is 6.07 Å². The number of aryl methyl sites for hydroxylation is 3. The molecule has 7 nitrogen and oxygen atoms in total. The van der Waals surface area contributed by atoms with E-state index in [-0.39, 0.29) is 12.5 Å². The molecule has 2 N–H and O–H groups in total. The van der Waals surface area contributed by atoms with Crippen LogP contribution in [0.1, 0.15) is 46.7 Å². The Morgan fingerprint density at radius 1 is 1.10 bits per heavy atom. The minimum atomic E-state index is -1.01. The molecule has 0 saturated heterocycles. The van der Waals surface area contributed by atoms with Gasteiger partial charge in [-0.05, 0) is 58.7 Å². The highest BCUT2D eigenvalue weighted by Gasteiger charge is 2.22. The second kappa shape index (κ2) is 9.41. The predicted molar refractivity (Wildman–Crippen MR) is 112 cm³/mol. The lowest BCUT2D eigenvalue weighted by molar-refractivity contribution is -0.130. The number of carbonyl (C=O) groups is 3. The van der Waals surface area contributed by atoms with E-state index in [0.717, 1.165) is 34.7 Å². The molecule has 0 spiro atoms. The summed E-state index contributed by atoms with van der Waals surface area (Å²) in [6, 6.07) is 7.47. The maximum absolute atomic E-state index is 12.4. The molecule has 0 fully saturated rings. The van der Waals surface area contributed by atoms with Gasteiger partial charge in [0.15, 0.2) is 6.10 Å². The van der Waals surface area contributed by atoms with Crippen LogP contribution in [0.5, 0.6) is 0 Å². The Labute approximate surface area is 171 Å². The number of ether oxygens (including phenoxy) is 1. The number of nitrogens with one attached hydrogen (secondary N) is 2. The zero-order valence-electron chi connectivity index (χ0n) is 17.9. The lowest BCUT2D eigenvalue weighted by Gasteiger charge is -2.15. The highest BCUT2D eigenvalue weighted by Crippen LogP contribution is 2.19. The molecule has 156 valence electrons. The van der Waals surface area contributed by atoms with Gasteiger partial charge in [-0.2, -0.15) is 0 Å². The van der Waals surface area contributed by atoms with E-state index in [0.29, 0.717) is 5.56 Å². The van der Waals surface area contributed by atoms with Crippen molar-refractivity contribution in [1.82, 2.24) is 9.88 Å². The average Bonchev–Trinajstić information content (AvgIpc) is 2.96. The first-order valence-electron chi connectivity index (χ1n) is 9.67. The first kappa shape index (κ1) is 22.2. The summed E-state index contributed by atoms with van der Waals surface area (Å²) in [5.74, 6) is -1.43. The lowest BCUT2D eigenvalue weighted by atomic mass is 10.1. The van der Waals surface area contributed by atoms with Crippen molar-refractivity contribution in [2.75, 3.05) is 11.9 Å². The molecule has 1 atom stereocenters. The molecule has 1 aromatic heterocycles. The molecule has 1 heterocycles. The van der Waals surface area contributed by atoms with Gasteiger partial charge in [-0.1, -0.05) is 18.2 Å². The fourth-order valence-corrected chi connectivity index (χ4v) is 3.28. The number of esters is 1. The van der Waals surface area contributed by atoms with E-state index >= 15 is 0 Å². The molecular weight excluding hydrogens is 370 g/mol. The van der Waals surface area contributed by atoms with E-state index in [2.05, 4.69) is 10.6 Å². The van der Waals surface area contributed by atoms with E-state index < -0.39 is 18.0 Å². The van der Waals surface area contributed by atoms with Crippen LogP contribution in [-0.2, 0) is 20.9 Å². The number of carbonyl (C=O) groups excluding carboxylic acids is 3. The van der Waals surface area contributed by atoms with E-state index in [1.807, 2.05) is 57.4 Å². The molecule has 2 aromatic rings. The molecular formula is C22H29N3O4. The standard InChI is InChI=1S/C22H29N3O4/c1-7-25-15(4)11-18(16(25)5)22(28)29-17(6)21(27)23-12-19(26)24-20-13(2)9-8-10-14(20)3/h8-11,17H,7,12H2,1-6H3,(H,23,27)(H,24,26). The van der Waals surface area contributed by atoms with Crippen LogP contribution in [0.4, 0.5) is 5.69 Å². The summed E-state index contributed by atoms with van der Waals surface area (Å²) in [6.07, 6.45) is -1.01. The van der Waals surface area contributed by atoms with Crippen LogP contribution in [0.2, 0.25) is 0 Å². The van der Waals surface area contributed by atoms with E-state index in [4.69, 9.17) is 4.74 Å². The number of aromatic nitrogens is 1. The molecule has 0 aliphatic carbocycles. The van der Waals surface area contributed by atoms with E-state index in [9.17, 15) is 14.4 Å². The Balaban J connectivity index is 1.90. The van der Waals surface area contributed by atoms with Crippen LogP contribution < -0.4 is 10.6 Å². The summed E-state index contributed by atoms with van der Waals surface area (Å²) < 4.78 is 7.28. The smallest absolute Gasteiger partial charge is 0.340 e. The van der Waals surface area contributed by atoms with E-state index in [1.165, 1.54) is 6.92 Å². The Morgan fingerprint density at radius 2 is 1.72 bits per heavy atom. The van der Waals surface area contributed by atoms with Crippen molar-refractivity contribution < 1.29 is 19.1 Å². The van der Waals surface area contributed by atoms with Gasteiger partial charge >= 0.3 is 5.97 Å². The molecule has 7 heteroatoms. The Kier molecular flexibility index (Phi) is 7.20. The number of para-hydroxylation sites is 1. The van der Waals surface area contributed by atoms with Gasteiger partial charge in [0.2, 0.25) is 5.91 Å². The normalized spacial score (nSPS) is 11.7. The number of hydrogen-bond donors (Lipinski definition) is 2. The third kappa shape index (κ3) is 5.25. The molecule has 0 saturated carbocycles. The lowest BCUT2D eigenvalue weighted by Crippen LogP contribution is -2.40. The maximum atomic E-state index is 12.4. The second-order valence-electron chi connectivity index (χ2n) is 7.11. The molecule has 2 amide bonds. The highest BCUT2D eigenvalue weighted by molar-refractivity contribution is 5.97. The molecule has 0 radical (unpaired) electrons. The van der Waals surface area contributed by atoms with Crippen LogP contribution >= 0.6 is 0 Å². The molecule has 0 bridgehead atoms. The van der Waals surface area contributed by atoms with Crippen LogP contribution in [0.25, 0.3) is 0 Å². The maximum Gasteiger partial charge on any atom is 0.340 e. The molecule has 0 aliphatic rings. The Morgan fingerprint density at radius 3 is 2.28 bits per heavy atom. The zero-order chi connectivity index (χ0) is 21.7. The summed E-state index contributed by atoms with van der Waals surface area (Å²) in [5.41, 5.74) is 4.82. The van der Waals surface area contributed by atoms with Crippen molar-refractivity contribution in [3.8, 4) is 0 Å². The summed E-state index contributed by atoms with van der Waals surface area (Å²) in [7, 11) is 0. The monoisotopic (exact) mass is 399 g/mol. The van der Waals surface area contributed by atoms with Gasteiger partial charge < -0.3 is 19.9 Å². The Hall–Kier alpha value is -3.09. The minimum absolute atomic E-state index is 0.209. The Bertz CT molecular complexity index is 910. The number of benzene rings is 1. The SMILES string of the molecule is CCn1c(C)cc(C(=O)OC(C)C(=O)NCC(=O)Nc2c(C)cccc2C)c1C. The number of hydrogen-bond acceptors (Lipinski definition) is 4. The predicted octanol–water partition coefficient (Wildman–Crippen LogP) is 3.04. The zero-order valence-corrected chi connectivity index (χ0v) is 17.9. The van der Waals surface area contributed by atoms with Gasteiger partial charge in [0, 0.05) is 23.6 Å². The molecule has 1 aromatic carbocycles. The number of amides is 2. The van der Waals surface area contributed by atoms with Crippen molar-refractivity contribution in [2.24, 2.45) is 0 Å². The van der Waals surface area contributed by atoms with Crippen LogP contribution in [-0.4, -0.2) is 35.0 Å². The topological polar surface area (TPSA) is 89.4 Å². The van der Waals surface area contributed by atoms with Gasteiger partial charge in [-0.25, -0.2) is 4.79 Å². The molecule has 29 heavy (non-hydrogen) atoms. The average molecular weight is 399 g/mol. The van der Waals surface area contributed by atoms with Gasteiger partial charge in [0.1, 0.15) is 0 Å². The van der Waals surface area contributed by atoms with Gasteiger partial charge in [-0.15, -0.1) is 0 Å². The van der Waals surface area contributed by atoms with Crippen molar-refractivity contribution in [3.63, 3.8) is 0 Å². The minimum Gasteiger partial charge on any atom is -0.449 e. The quantitative estimate of drug-likeness (QED) is 0.701. The number of rotatable bonds is 7. The van der Waals surface area contributed by atoms with Crippen molar-refractivity contribution in [1.29, 1.82) is 0 Å². The summed E-state index contributed by atoms with van der Waals surface area (Å²) >= 11 is 0. The number of anilines is 1.